The molecule has 0 N–H and O–H groups in total. The van der Waals surface area contributed by atoms with Crippen molar-refractivity contribution in [3.63, 3.8) is 0 Å². The Morgan fingerprint density at radius 2 is 0.842 bits per heavy atom. The molecule has 3 rings (SSSR count). The van der Waals surface area contributed by atoms with Gasteiger partial charge in [-0.15, -0.1) is 0 Å². The van der Waals surface area contributed by atoms with Gasteiger partial charge in [0.05, 0.1) is 0 Å². The molecule has 0 spiro atoms. The summed E-state index contributed by atoms with van der Waals surface area (Å²) in [6, 6.07) is 21.1. The molecular weight excluding hydrogens is 702 g/mol. The lowest BCUT2D eigenvalue weighted by Gasteiger charge is -2.17. The molecule has 0 fully saturated rings. The van der Waals surface area contributed by atoms with Crippen LogP contribution in [0.1, 0.15) is 73.7 Å². The zero-order valence-corrected chi connectivity index (χ0v) is 26.8. The van der Waals surface area contributed by atoms with Crippen molar-refractivity contribution in [3.8, 4) is 0 Å². The Morgan fingerprint density at radius 3 is 1.13 bits per heavy atom. The van der Waals surface area contributed by atoms with Crippen LogP contribution in [0.4, 0.5) is 0 Å². The Morgan fingerprint density at radius 1 is 0.526 bits per heavy atom. The monoisotopic (exact) mass is 738 g/mol. The van der Waals surface area contributed by atoms with Crippen LogP contribution in [0.25, 0.3) is 24.3 Å². The number of hydrogen-bond donors (Lipinski definition) is 0. The predicted octanol–water partition coefficient (Wildman–Crippen LogP) is 9.38. The molecule has 3 aromatic carbocycles. The Bertz CT molecular complexity index is 1080. The second-order valence-corrected chi connectivity index (χ2v) is 10.7. The van der Waals surface area contributed by atoms with E-state index >= 15 is 0 Å². The lowest BCUT2D eigenvalue weighted by molar-refractivity contribution is -0.140. The highest BCUT2D eigenvalue weighted by Gasteiger charge is 2.11. The van der Waals surface area contributed by atoms with Crippen LogP contribution in [-0.2, 0) is 18.9 Å². The van der Waals surface area contributed by atoms with Crippen molar-refractivity contribution >= 4 is 69.5 Å². The Hall–Kier alpha value is -1.56. The summed E-state index contributed by atoms with van der Waals surface area (Å²) in [6.07, 6.45) is 7.99. The first-order chi connectivity index (χ1) is 18.5. The molecule has 38 heavy (non-hydrogen) atoms. The molecule has 0 radical (unpaired) electrons. The first-order valence-electron chi connectivity index (χ1n) is 13.0. The summed E-state index contributed by atoms with van der Waals surface area (Å²) in [4.78, 5) is 0. The minimum Gasteiger partial charge on any atom is -0.349 e. The van der Waals surface area contributed by atoms with Gasteiger partial charge in [-0.2, -0.15) is 0 Å². The summed E-state index contributed by atoms with van der Waals surface area (Å²) < 4.78 is 25.2. The zero-order valence-electron chi connectivity index (χ0n) is 22.5. The second-order valence-electron chi connectivity index (χ2n) is 8.38. The number of rotatable bonds is 14. The minimum atomic E-state index is -0.314. The van der Waals surface area contributed by atoms with Crippen LogP contribution < -0.4 is 0 Å². The summed E-state index contributed by atoms with van der Waals surface area (Å²) in [5, 5.41) is 0. The molecule has 0 saturated carbocycles. The maximum absolute atomic E-state index is 5.70. The molecule has 202 valence electrons. The number of halogens is 2. The third-order valence-corrected chi connectivity index (χ3v) is 7.58. The maximum atomic E-state index is 5.70. The highest BCUT2D eigenvalue weighted by Crippen LogP contribution is 2.26. The molecule has 0 saturated heterocycles. The molecule has 0 aliphatic heterocycles. The normalized spacial score (nSPS) is 12.0. The van der Waals surface area contributed by atoms with Gasteiger partial charge < -0.3 is 18.9 Å². The fraction of sp³-hybridized carbons (Fsp3) is 0.312. The molecule has 0 aliphatic carbocycles. The molecule has 0 aliphatic rings. The number of benzene rings is 3. The number of hydrogen-bond acceptors (Lipinski definition) is 4. The van der Waals surface area contributed by atoms with Crippen LogP contribution in [0.15, 0.2) is 60.7 Å². The largest absolute Gasteiger partial charge is 0.349 e. The van der Waals surface area contributed by atoms with E-state index in [0.717, 1.165) is 22.3 Å². The molecule has 0 unspecified atom stereocenters. The fourth-order valence-electron chi connectivity index (χ4n) is 3.82. The quantitative estimate of drug-likeness (QED) is 0.0939. The van der Waals surface area contributed by atoms with Gasteiger partial charge >= 0.3 is 0 Å². The molecule has 0 amide bonds. The predicted molar refractivity (Wildman–Crippen MR) is 175 cm³/mol. The first-order valence-corrected chi connectivity index (χ1v) is 15.2. The van der Waals surface area contributed by atoms with Crippen LogP contribution in [0.5, 0.6) is 0 Å². The highest BCUT2D eigenvalue weighted by atomic mass is 127. The molecule has 3 aromatic rings. The smallest absolute Gasteiger partial charge is 0.183 e. The molecule has 0 atom stereocenters. The van der Waals surface area contributed by atoms with E-state index in [2.05, 4.69) is 130 Å². The standard InChI is InChI=1S/C32H36I2O4/c1-5-35-31(36-6-2)25-15-9-23(10-16-25)13-19-27-21-30(34)28(22-29(27)33)20-14-24-11-17-26(18-12-24)32(37-7-3)38-8-4/h9-22,31-32H,5-8H2,1-4H3/b19-13+,20-14+. The van der Waals surface area contributed by atoms with E-state index in [0.29, 0.717) is 26.4 Å². The van der Waals surface area contributed by atoms with E-state index in [4.69, 9.17) is 18.9 Å². The summed E-state index contributed by atoms with van der Waals surface area (Å²) in [7, 11) is 0. The fourth-order valence-corrected chi connectivity index (χ4v) is 5.16. The van der Waals surface area contributed by atoms with E-state index < -0.39 is 0 Å². The van der Waals surface area contributed by atoms with Gasteiger partial charge in [0.2, 0.25) is 0 Å². The van der Waals surface area contributed by atoms with Gasteiger partial charge in [0.1, 0.15) is 0 Å². The van der Waals surface area contributed by atoms with E-state index in [9.17, 15) is 0 Å². The summed E-state index contributed by atoms with van der Waals surface area (Å²) in [6.45, 7) is 10.4. The minimum absolute atomic E-state index is 0.314. The third-order valence-electron chi connectivity index (χ3n) is 5.72. The van der Waals surface area contributed by atoms with Crippen molar-refractivity contribution in [2.24, 2.45) is 0 Å². The van der Waals surface area contributed by atoms with Crippen LogP contribution >= 0.6 is 45.2 Å². The SMILES string of the molecule is CCOC(OCC)c1ccc(/C=C/c2cc(I)c(/C=C/c3ccc(C(OCC)OCC)cc3)cc2I)cc1. The van der Waals surface area contributed by atoms with Gasteiger partial charge in [-0.25, -0.2) is 0 Å². The first kappa shape index (κ1) is 31.0. The van der Waals surface area contributed by atoms with Crippen molar-refractivity contribution in [1.82, 2.24) is 0 Å². The third kappa shape index (κ3) is 9.27. The van der Waals surface area contributed by atoms with Crippen LogP contribution in [-0.4, -0.2) is 26.4 Å². The molecule has 0 heterocycles. The highest BCUT2D eigenvalue weighted by molar-refractivity contribution is 14.1. The Labute approximate surface area is 254 Å². The topological polar surface area (TPSA) is 36.9 Å². The average Bonchev–Trinajstić information content (AvgIpc) is 2.93. The molecule has 4 nitrogen and oxygen atoms in total. The molecule has 6 heteroatoms. The van der Waals surface area contributed by atoms with Gasteiger partial charge in [0.15, 0.2) is 12.6 Å². The summed E-state index contributed by atoms with van der Waals surface area (Å²) in [5.74, 6) is 0. The van der Waals surface area contributed by atoms with E-state index in [1.165, 1.54) is 18.3 Å². The van der Waals surface area contributed by atoms with Crippen LogP contribution in [0.3, 0.4) is 0 Å². The van der Waals surface area contributed by atoms with Gasteiger partial charge in [-0.05, 0) is 107 Å². The molecular formula is C32H36I2O4. The lowest BCUT2D eigenvalue weighted by Crippen LogP contribution is -2.08. The van der Waals surface area contributed by atoms with E-state index in [1.54, 1.807) is 0 Å². The maximum Gasteiger partial charge on any atom is 0.183 e. The number of ether oxygens (including phenoxy) is 4. The van der Waals surface area contributed by atoms with Crippen molar-refractivity contribution in [3.05, 3.63) is 101 Å². The van der Waals surface area contributed by atoms with Crippen molar-refractivity contribution in [1.29, 1.82) is 0 Å². The van der Waals surface area contributed by atoms with E-state index in [1.807, 2.05) is 27.7 Å². The molecule has 0 aromatic heterocycles. The van der Waals surface area contributed by atoms with E-state index in [-0.39, 0.29) is 12.6 Å². The van der Waals surface area contributed by atoms with Crippen molar-refractivity contribution in [2.45, 2.75) is 40.3 Å². The van der Waals surface area contributed by atoms with Crippen molar-refractivity contribution < 1.29 is 18.9 Å². The van der Waals surface area contributed by atoms with Gasteiger partial charge in [-0.1, -0.05) is 72.8 Å². The van der Waals surface area contributed by atoms with Crippen LogP contribution in [0.2, 0.25) is 0 Å². The average molecular weight is 738 g/mol. The zero-order chi connectivity index (χ0) is 27.3. The van der Waals surface area contributed by atoms with Gasteiger partial charge in [-0.3, -0.25) is 0 Å². The lowest BCUT2D eigenvalue weighted by atomic mass is 10.1. The second kappa shape index (κ2) is 16.5. The summed E-state index contributed by atoms with van der Waals surface area (Å²) in [5.41, 5.74) is 6.72. The van der Waals surface area contributed by atoms with Crippen LogP contribution in [0, 0.1) is 7.14 Å². The van der Waals surface area contributed by atoms with Crippen molar-refractivity contribution in [2.75, 3.05) is 26.4 Å². The van der Waals surface area contributed by atoms with Gasteiger partial charge in [0.25, 0.3) is 0 Å². The molecule has 0 bridgehead atoms. The van der Waals surface area contributed by atoms with Gasteiger partial charge in [0, 0.05) is 44.7 Å². The summed E-state index contributed by atoms with van der Waals surface area (Å²) >= 11 is 4.82. The Kier molecular flexibility index (Phi) is 13.5. The Balaban J connectivity index is 1.69.